The van der Waals surface area contributed by atoms with Gasteiger partial charge in [-0.25, -0.2) is 10.5 Å². The maximum atomic E-state index is 9.56. The maximum Gasteiger partial charge on any atom is 0.339 e. The van der Waals surface area contributed by atoms with Crippen LogP contribution in [0.1, 0.15) is 168 Å². The van der Waals surface area contributed by atoms with Crippen LogP contribution in [-0.2, 0) is 29.0 Å². The molecule has 0 aliphatic rings. The third-order valence-corrected chi connectivity index (χ3v) is 8.06. The van der Waals surface area contributed by atoms with E-state index in [-0.39, 0.29) is 12.8 Å². The third kappa shape index (κ3) is 25.7. The Morgan fingerprint density at radius 3 is 1.02 bits per heavy atom. The molecule has 8 heteroatoms. The van der Waals surface area contributed by atoms with Gasteiger partial charge in [0.2, 0.25) is 0 Å². The summed E-state index contributed by atoms with van der Waals surface area (Å²) in [6.45, 7) is 4.46. The molecule has 0 aliphatic carbocycles. The molecule has 0 amide bonds. The zero-order valence-corrected chi connectivity index (χ0v) is 29.9. The molecule has 46 heavy (non-hydrogen) atoms. The molecule has 0 spiro atoms. The predicted molar refractivity (Wildman–Crippen MR) is 188 cm³/mol. The fourth-order valence-corrected chi connectivity index (χ4v) is 4.98. The summed E-state index contributed by atoms with van der Waals surface area (Å²) in [6, 6.07) is 0. The van der Waals surface area contributed by atoms with Gasteiger partial charge < -0.3 is 9.47 Å². The standard InChI is InChI=1S/C38H70O8/c1-5-7-9-11-13-15-17-19-21-23-25-27-29-31-33-35-37(41-3,43-39)45-46-38(42-4,44-40)36-34-32-30-28-26-24-22-20-18-16-14-12-10-8-6-2/h13-16,19-22,39-40H,5-12,17-18,23-36H2,1-4H3/b15-13-,16-14-,21-19-,22-20-. The molecule has 0 rings (SSSR count). The Kier molecular flexibility index (Phi) is 32.5. The zero-order chi connectivity index (χ0) is 33.9. The Hall–Kier alpha value is -1.36. The normalized spacial score (nSPS) is 15.2. The molecule has 2 unspecified atom stereocenters. The Balaban J connectivity index is 4.17. The molecule has 0 aliphatic heterocycles. The number of methoxy groups -OCH3 is 2. The van der Waals surface area contributed by atoms with E-state index in [1.54, 1.807) is 0 Å². The van der Waals surface area contributed by atoms with Crippen molar-refractivity contribution in [3.8, 4) is 0 Å². The minimum Gasteiger partial charge on any atom is -0.327 e. The van der Waals surface area contributed by atoms with Crippen LogP contribution in [0.5, 0.6) is 0 Å². The van der Waals surface area contributed by atoms with E-state index in [4.69, 9.17) is 19.2 Å². The average Bonchev–Trinajstić information content (AvgIpc) is 3.08. The van der Waals surface area contributed by atoms with Crippen molar-refractivity contribution in [3.63, 3.8) is 0 Å². The van der Waals surface area contributed by atoms with Gasteiger partial charge in [-0.15, -0.1) is 0 Å². The second kappa shape index (κ2) is 33.5. The van der Waals surface area contributed by atoms with Gasteiger partial charge in [-0.2, -0.15) is 19.6 Å². The summed E-state index contributed by atoms with van der Waals surface area (Å²) in [6.07, 6.45) is 42.6. The molecule has 270 valence electrons. The highest BCUT2D eigenvalue weighted by molar-refractivity contribution is 4.93. The molecule has 0 aromatic carbocycles. The first-order valence-electron chi connectivity index (χ1n) is 18.3. The van der Waals surface area contributed by atoms with E-state index in [1.165, 1.54) is 65.6 Å². The molecule has 0 heterocycles. The monoisotopic (exact) mass is 655 g/mol. The molecule has 0 bridgehead atoms. The lowest BCUT2D eigenvalue weighted by Gasteiger charge is -2.32. The summed E-state index contributed by atoms with van der Waals surface area (Å²) in [5.41, 5.74) is 0. The van der Waals surface area contributed by atoms with Crippen LogP contribution in [0, 0.1) is 0 Å². The van der Waals surface area contributed by atoms with Crippen LogP contribution in [0.25, 0.3) is 0 Å². The second-order valence-electron chi connectivity index (χ2n) is 12.1. The van der Waals surface area contributed by atoms with Gasteiger partial charge in [-0.3, -0.25) is 0 Å². The van der Waals surface area contributed by atoms with Crippen molar-refractivity contribution in [2.75, 3.05) is 14.2 Å². The summed E-state index contributed by atoms with van der Waals surface area (Å²) < 4.78 is 10.6. The van der Waals surface area contributed by atoms with Gasteiger partial charge >= 0.3 is 11.9 Å². The fraction of sp³-hybridized carbons (Fsp3) is 0.789. The molecule has 8 nitrogen and oxygen atoms in total. The SMILES string of the molecule is CCCCC/C=C\C/C=C\CCCCCCCC(OC)(OO)OOC(CCCCCCC/C=C\C/C=C\CCCCC)(OC)OO. The second-order valence-corrected chi connectivity index (χ2v) is 12.1. The Morgan fingerprint density at radius 1 is 0.413 bits per heavy atom. The summed E-state index contributed by atoms with van der Waals surface area (Å²) in [5.74, 6) is -3.71. The van der Waals surface area contributed by atoms with Gasteiger partial charge in [0.25, 0.3) is 0 Å². The Bertz CT molecular complexity index is 679. The molecular formula is C38H70O8. The molecule has 0 fully saturated rings. The van der Waals surface area contributed by atoms with E-state index in [0.717, 1.165) is 77.0 Å². The number of ether oxygens (including phenoxy) is 2. The van der Waals surface area contributed by atoms with Crippen molar-refractivity contribution in [2.24, 2.45) is 0 Å². The van der Waals surface area contributed by atoms with Crippen molar-refractivity contribution in [3.05, 3.63) is 48.6 Å². The number of hydrogen-bond donors (Lipinski definition) is 2. The van der Waals surface area contributed by atoms with E-state index in [9.17, 15) is 10.5 Å². The van der Waals surface area contributed by atoms with Crippen molar-refractivity contribution in [1.29, 1.82) is 0 Å². The lowest BCUT2D eigenvalue weighted by atomic mass is 10.1. The Labute approximate surface area is 282 Å². The van der Waals surface area contributed by atoms with Crippen molar-refractivity contribution < 1.29 is 39.5 Å². The van der Waals surface area contributed by atoms with Crippen LogP contribution in [0.3, 0.4) is 0 Å². The summed E-state index contributed by atoms with van der Waals surface area (Å²) in [7, 11) is 2.70. The first kappa shape index (κ1) is 44.6. The number of unbranched alkanes of at least 4 members (excludes halogenated alkanes) is 16. The molecule has 0 saturated carbocycles. The maximum absolute atomic E-state index is 9.56. The van der Waals surface area contributed by atoms with Crippen molar-refractivity contribution in [1.82, 2.24) is 0 Å². The first-order valence-corrected chi connectivity index (χ1v) is 18.3. The summed E-state index contributed by atoms with van der Waals surface area (Å²) >= 11 is 0. The topological polar surface area (TPSA) is 95.8 Å². The summed E-state index contributed by atoms with van der Waals surface area (Å²) in [4.78, 5) is 19.7. The van der Waals surface area contributed by atoms with Crippen LogP contribution in [0.4, 0.5) is 0 Å². The highest BCUT2D eigenvalue weighted by atomic mass is 17.4. The van der Waals surface area contributed by atoms with Gasteiger partial charge in [0.15, 0.2) is 0 Å². The highest BCUT2D eigenvalue weighted by Gasteiger charge is 2.42. The Morgan fingerprint density at radius 2 is 0.717 bits per heavy atom. The van der Waals surface area contributed by atoms with Crippen LogP contribution in [0.15, 0.2) is 48.6 Å². The minimum atomic E-state index is -1.85. The zero-order valence-electron chi connectivity index (χ0n) is 29.9. The first-order chi connectivity index (χ1) is 22.6. The van der Waals surface area contributed by atoms with Crippen molar-refractivity contribution >= 4 is 0 Å². The van der Waals surface area contributed by atoms with Crippen LogP contribution in [-0.4, -0.2) is 36.7 Å². The van der Waals surface area contributed by atoms with Gasteiger partial charge in [-0.05, 0) is 77.0 Å². The number of rotatable bonds is 35. The van der Waals surface area contributed by atoms with E-state index >= 15 is 0 Å². The van der Waals surface area contributed by atoms with Crippen LogP contribution in [0.2, 0.25) is 0 Å². The highest BCUT2D eigenvalue weighted by Crippen LogP contribution is 2.29. The smallest absolute Gasteiger partial charge is 0.327 e. The van der Waals surface area contributed by atoms with Crippen LogP contribution < -0.4 is 0 Å². The van der Waals surface area contributed by atoms with E-state index in [2.05, 4.69) is 72.2 Å². The molecule has 2 N–H and O–H groups in total. The molecule has 0 aromatic rings. The molecule has 2 atom stereocenters. The third-order valence-electron chi connectivity index (χ3n) is 8.06. The van der Waals surface area contributed by atoms with Gasteiger partial charge in [-0.1, -0.05) is 127 Å². The lowest BCUT2D eigenvalue weighted by Crippen LogP contribution is -2.44. The quantitative estimate of drug-likeness (QED) is 0.0229. The molecule has 0 aromatic heterocycles. The fourth-order valence-electron chi connectivity index (χ4n) is 4.98. The number of hydrogen-bond acceptors (Lipinski definition) is 8. The molecule has 0 radical (unpaired) electrons. The predicted octanol–water partition coefficient (Wildman–Crippen LogP) is 12.1. The van der Waals surface area contributed by atoms with E-state index < -0.39 is 11.9 Å². The van der Waals surface area contributed by atoms with Gasteiger partial charge in [0.1, 0.15) is 0 Å². The minimum absolute atomic E-state index is 0.222. The van der Waals surface area contributed by atoms with Gasteiger partial charge in [0, 0.05) is 27.1 Å². The van der Waals surface area contributed by atoms with E-state index in [1.807, 2.05) is 0 Å². The molecule has 0 saturated heterocycles. The lowest BCUT2D eigenvalue weighted by molar-refractivity contribution is -0.644. The van der Waals surface area contributed by atoms with E-state index in [0.29, 0.717) is 12.8 Å². The van der Waals surface area contributed by atoms with Crippen molar-refractivity contribution in [2.45, 2.75) is 180 Å². The largest absolute Gasteiger partial charge is 0.339 e. The molecular weight excluding hydrogens is 584 g/mol. The van der Waals surface area contributed by atoms with Gasteiger partial charge in [0.05, 0.1) is 0 Å². The number of allylic oxidation sites excluding steroid dienone is 8. The summed E-state index contributed by atoms with van der Waals surface area (Å²) in [5, 5.41) is 19.1. The average molecular weight is 655 g/mol. The van der Waals surface area contributed by atoms with Crippen LogP contribution >= 0.6 is 0 Å².